The number of hydrogen-bond donors (Lipinski definition) is 1. The number of aliphatic hydroxyl groups excluding tert-OH is 1. The van der Waals surface area contributed by atoms with Crippen molar-refractivity contribution in [3.8, 4) is 0 Å². The molecule has 1 heterocycles. The number of tetrazole rings is 1. The first kappa shape index (κ1) is 12.4. The molecule has 0 bridgehead atoms. The Hall–Kier alpha value is -1.01. The first-order valence-corrected chi connectivity index (χ1v) is 6.37. The molecule has 0 radical (unpaired) electrons. The molecule has 1 aromatic rings. The van der Waals surface area contributed by atoms with E-state index < -0.39 is 0 Å². The Morgan fingerprint density at radius 3 is 2.88 bits per heavy atom. The molecule has 6 nitrogen and oxygen atoms in total. The standard InChI is InChI=1S/C11H21N5O/c1-15(7-3-2-4-8-17)9-11-12-13-14-16(11)10-5-6-10/h10,17H,2-9H2,1H3. The molecule has 0 saturated heterocycles. The summed E-state index contributed by atoms with van der Waals surface area (Å²) in [6, 6.07) is 0.544. The molecule has 0 aromatic carbocycles. The lowest BCUT2D eigenvalue weighted by Gasteiger charge is -2.15. The summed E-state index contributed by atoms with van der Waals surface area (Å²) in [5.41, 5.74) is 0. The largest absolute Gasteiger partial charge is 0.396 e. The van der Waals surface area contributed by atoms with Gasteiger partial charge in [0.15, 0.2) is 5.82 Å². The van der Waals surface area contributed by atoms with Gasteiger partial charge in [-0.1, -0.05) is 0 Å². The number of nitrogens with zero attached hydrogens (tertiary/aromatic N) is 5. The Morgan fingerprint density at radius 1 is 1.35 bits per heavy atom. The second-order valence-electron chi connectivity index (χ2n) is 4.79. The summed E-state index contributed by atoms with van der Waals surface area (Å²) in [6.07, 6.45) is 5.50. The summed E-state index contributed by atoms with van der Waals surface area (Å²) in [4.78, 5) is 2.24. The van der Waals surface area contributed by atoms with Gasteiger partial charge >= 0.3 is 0 Å². The van der Waals surface area contributed by atoms with Crippen LogP contribution in [-0.2, 0) is 6.54 Å². The van der Waals surface area contributed by atoms with Crippen LogP contribution in [0.1, 0.15) is 44.0 Å². The van der Waals surface area contributed by atoms with Crippen molar-refractivity contribution in [2.75, 3.05) is 20.2 Å². The van der Waals surface area contributed by atoms with E-state index in [-0.39, 0.29) is 0 Å². The van der Waals surface area contributed by atoms with Crippen LogP contribution in [0.5, 0.6) is 0 Å². The molecule has 1 aliphatic carbocycles. The van der Waals surface area contributed by atoms with Crippen molar-refractivity contribution in [1.82, 2.24) is 25.1 Å². The van der Waals surface area contributed by atoms with E-state index >= 15 is 0 Å². The molecular weight excluding hydrogens is 218 g/mol. The third-order valence-electron chi connectivity index (χ3n) is 3.06. The van der Waals surface area contributed by atoms with E-state index in [1.54, 1.807) is 0 Å². The maximum absolute atomic E-state index is 8.70. The highest BCUT2D eigenvalue weighted by Gasteiger charge is 2.27. The molecule has 1 N–H and O–H groups in total. The third-order valence-corrected chi connectivity index (χ3v) is 3.06. The van der Waals surface area contributed by atoms with Gasteiger partial charge in [0.05, 0.1) is 12.6 Å². The van der Waals surface area contributed by atoms with E-state index in [4.69, 9.17) is 5.11 Å². The van der Waals surface area contributed by atoms with Crippen molar-refractivity contribution >= 4 is 0 Å². The smallest absolute Gasteiger partial charge is 0.165 e. The molecule has 0 aliphatic heterocycles. The van der Waals surface area contributed by atoms with Crippen LogP contribution in [0.25, 0.3) is 0 Å². The van der Waals surface area contributed by atoms with Gasteiger partial charge in [0.25, 0.3) is 0 Å². The lowest BCUT2D eigenvalue weighted by Crippen LogP contribution is -2.22. The highest BCUT2D eigenvalue weighted by atomic mass is 16.2. The molecule has 0 unspecified atom stereocenters. The van der Waals surface area contributed by atoms with Crippen molar-refractivity contribution in [2.45, 2.75) is 44.7 Å². The average molecular weight is 239 g/mol. The van der Waals surface area contributed by atoms with Crippen LogP contribution >= 0.6 is 0 Å². The second kappa shape index (κ2) is 6.07. The topological polar surface area (TPSA) is 67.1 Å². The molecule has 0 atom stereocenters. The summed E-state index contributed by atoms with van der Waals surface area (Å²) in [7, 11) is 2.09. The van der Waals surface area contributed by atoms with Crippen molar-refractivity contribution < 1.29 is 5.11 Å². The zero-order chi connectivity index (χ0) is 12.1. The van der Waals surface area contributed by atoms with Crippen molar-refractivity contribution in [3.05, 3.63) is 5.82 Å². The minimum Gasteiger partial charge on any atom is -0.396 e. The van der Waals surface area contributed by atoms with Crippen LogP contribution in [0, 0.1) is 0 Å². The molecule has 0 spiro atoms. The van der Waals surface area contributed by atoms with Crippen molar-refractivity contribution in [3.63, 3.8) is 0 Å². The summed E-state index contributed by atoms with van der Waals surface area (Å²) in [5.74, 6) is 0.970. The monoisotopic (exact) mass is 239 g/mol. The van der Waals surface area contributed by atoms with Gasteiger partial charge in [-0.15, -0.1) is 5.10 Å². The Kier molecular flexibility index (Phi) is 4.44. The second-order valence-corrected chi connectivity index (χ2v) is 4.79. The van der Waals surface area contributed by atoms with Gasteiger partial charge in [-0.2, -0.15) is 0 Å². The number of aliphatic hydroxyl groups is 1. The molecule has 1 aromatic heterocycles. The first-order chi connectivity index (χ1) is 8.31. The molecule has 1 fully saturated rings. The SMILES string of the molecule is CN(CCCCCO)Cc1nnnn1C1CC1. The van der Waals surface area contributed by atoms with Gasteiger partial charge in [0.1, 0.15) is 0 Å². The highest BCUT2D eigenvalue weighted by Crippen LogP contribution is 2.34. The van der Waals surface area contributed by atoms with E-state index in [0.29, 0.717) is 12.6 Å². The molecule has 17 heavy (non-hydrogen) atoms. The normalized spacial score (nSPS) is 15.7. The summed E-state index contributed by atoms with van der Waals surface area (Å²) in [5, 5.41) is 20.6. The van der Waals surface area contributed by atoms with Gasteiger partial charge in [-0.25, -0.2) is 4.68 Å². The van der Waals surface area contributed by atoms with E-state index in [2.05, 4.69) is 27.5 Å². The van der Waals surface area contributed by atoms with E-state index in [1.165, 1.54) is 12.8 Å². The van der Waals surface area contributed by atoms with Crippen LogP contribution in [0.15, 0.2) is 0 Å². The zero-order valence-electron chi connectivity index (χ0n) is 10.4. The quantitative estimate of drug-likeness (QED) is 0.673. The fourth-order valence-corrected chi connectivity index (χ4v) is 1.91. The third kappa shape index (κ3) is 3.74. The Morgan fingerprint density at radius 2 is 2.18 bits per heavy atom. The summed E-state index contributed by atoms with van der Waals surface area (Å²) >= 11 is 0. The van der Waals surface area contributed by atoms with Gasteiger partial charge in [0, 0.05) is 6.61 Å². The van der Waals surface area contributed by atoms with Gasteiger partial charge in [-0.05, 0) is 56.1 Å². The van der Waals surface area contributed by atoms with Crippen LogP contribution in [0.3, 0.4) is 0 Å². The molecule has 2 rings (SSSR count). The van der Waals surface area contributed by atoms with Crippen LogP contribution in [0.2, 0.25) is 0 Å². The van der Waals surface area contributed by atoms with E-state index in [1.807, 2.05) is 4.68 Å². The Bertz CT molecular complexity index is 336. The summed E-state index contributed by atoms with van der Waals surface area (Å²) < 4.78 is 1.96. The average Bonchev–Trinajstić information content (AvgIpc) is 3.06. The maximum atomic E-state index is 8.70. The van der Waals surface area contributed by atoms with Crippen molar-refractivity contribution in [2.24, 2.45) is 0 Å². The number of aromatic nitrogens is 4. The van der Waals surface area contributed by atoms with E-state index in [9.17, 15) is 0 Å². The van der Waals surface area contributed by atoms with Gasteiger partial charge in [-0.3, -0.25) is 4.90 Å². The number of rotatable bonds is 8. The fourth-order valence-electron chi connectivity index (χ4n) is 1.91. The minimum absolute atomic E-state index is 0.295. The highest BCUT2D eigenvalue weighted by molar-refractivity contribution is 4.89. The Labute approximate surface area is 102 Å². The van der Waals surface area contributed by atoms with Gasteiger partial charge in [0.2, 0.25) is 0 Å². The number of hydrogen-bond acceptors (Lipinski definition) is 5. The lowest BCUT2D eigenvalue weighted by atomic mass is 10.2. The van der Waals surface area contributed by atoms with Crippen LogP contribution < -0.4 is 0 Å². The molecule has 1 aliphatic rings. The van der Waals surface area contributed by atoms with Crippen LogP contribution in [0.4, 0.5) is 0 Å². The van der Waals surface area contributed by atoms with Crippen LogP contribution in [-0.4, -0.2) is 50.4 Å². The molecule has 96 valence electrons. The molecular formula is C11H21N5O. The van der Waals surface area contributed by atoms with Gasteiger partial charge < -0.3 is 5.11 Å². The minimum atomic E-state index is 0.295. The Balaban J connectivity index is 1.73. The molecule has 0 amide bonds. The fraction of sp³-hybridized carbons (Fsp3) is 0.909. The number of unbranched alkanes of at least 4 members (excludes halogenated alkanes) is 2. The van der Waals surface area contributed by atoms with Crippen molar-refractivity contribution in [1.29, 1.82) is 0 Å². The molecule has 6 heteroatoms. The van der Waals surface area contributed by atoms with E-state index in [0.717, 1.165) is 38.2 Å². The lowest BCUT2D eigenvalue weighted by molar-refractivity contribution is 0.268. The predicted molar refractivity (Wildman–Crippen MR) is 63.4 cm³/mol. The predicted octanol–water partition coefficient (Wildman–Crippen LogP) is 0.602. The molecule has 1 saturated carbocycles. The first-order valence-electron chi connectivity index (χ1n) is 6.37. The zero-order valence-corrected chi connectivity index (χ0v) is 10.4. The summed E-state index contributed by atoms with van der Waals surface area (Å²) in [6.45, 7) is 2.13. The maximum Gasteiger partial charge on any atom is 0.165 e.